The van der Waals surface area contributed by atoms with Crippen LogP contribution in [0.25, 0.3) is 0 Å². The van der Waals surface area contributed by atoms with E-state index in [1.165, 1.54) is 48.5 Å². The normalized spacial score (nSPS) is 15.9. The predicted octanol–water partition coefficient (Wildman–Crippen LogP) is 2.30. The van der Waals surface area contributed by atoms with Crippen molar-refractivity contribution in [3.05, 3.63) is 64.2 Å². The molecular formula is C19H15N3O7S. The second-order valence-corrected chi connectivity index (χ2v) is 7.47. The maximum absolute atomic E-state index is 12.6. The Bertz CT molecular complexity index is 1020. The lowest BCUT2D eigenvalue weighted by Gasteiger charge is -2.14. The largest absolute Gasteiger partial charge is 0.478 e. The molecule has 1 aliphatic heterocycles. The third-order valence-corrected chi connectivity index (χ3v) is 5.45. The van der Waals surface area contributed by atoms with Crippen LogP contribution in [0.5, 0.6) is 0 Å². The van der Waals surface area contributed by atoms with Gasteiger partial charge in [0, 0.05) is 24.2 Å². The predicted molar refractivity (Wildman–Crippen MR) is 108 cm³/mol. The number of carbonyl (C=O) groups excluding carboxylic acids is 3. The fourth-order valence-corrected chi connectivity index (χ4v) is 3.73. The molecule has 2 aromatic rings. The molecular weight excluding hydrogens is 414 g/mol. The number of thioether (sulfide) groups is 1. The highest BCUT2D eigenvalue weighted by Gasteiger charge is 2.40. The Hall–Kier alpha value is -3.73. The summed E-state index contributed by atoms with van der Waals surface area (Å²) in [5.41, 5.74) is 0.578. The van der Waals surface area contributed by atoms with Gasteiger partial charge in [0.15, 0.2) is 0 Å². The fraction of sp³-hybridized carbons (Fsp3) is 0.158. The van der Waals surface area contributed by atoms with Gasteiger partial charge in [0.05, 0.1) is 27.2 Å². The van der Waals surface area contributed by atoms with E-state index in [0.29, 0.717) is 5.69 Å². The van der Waals surface area contributed by atoms with Crippen LogP contribution in [0.3, 0.4) is 0 Å². The molecule has 0 radical (unpaired) electrons. The Morgan fingerprint density at radius 1 is 1.13 bits per heavy atom. The van der Waals surface area contributed by atoms with Gasteiger partial charge in [-0.15, -0.1) is 11.8 Å². The maximum atomic E-state index is 12.6. The molecule has 154 valence electrons. The monoisotopic (exact) mass is 429 g/mol. The Balaban J connectivity index is 1.57. The van der Waals surface area contributed by atoms with Crippen LogP contribution >= 0.6 is 11.8 Å². The zero-order valence-electron chi connectivity index (χ0n) is 15.3. The third-order valence-electron chi connectivity index (χ3n) is 4.26. The van der Waals surface area contributed by atoms with E-state index in [-0.39, 0.29) is 29.1 Å². The minimum absolute atomic E-state index is 0.0823. The Morgan fingerprint density at radius 2 is 1.77 bits per heavy atom. The van der Waals surface area contributed by atoms with Crippen LogP contribution in [0.1, 0.15) is 16.8 Å². The SMILES string of the molecule is O=C(CSC1CC(=O)N(c2ccc([N+](=O)[O-])cc2)C1=O)Nc1ccc(C(=O)O)cc1. The number of hydrogen-bond donors (Lipinski definition) is 2. The number of aromatic carboxylic acids is 1. The van der Waals surface area contributed by atoms with Gasteiger partial charge in [0.2, 0.25) is 17.7 Å². The molecule has 1 unspecified atom stereocenters. The van der Waals surface area contributed by atoms with Gasteiger partial charge < -0.3 is 10.4 Å². The number of rotatable bonds is 7. The molecule has 3 amide bonds. The molecule has 1 fully saturated rings. The van der Waals surface area contributed by atoms with E-state index in [2.05, 4.69) is 5.32 Å². The molecule has 0 aromatic heterocycles. The van der Waals surface area contributed by atoms with E-state index in [0.717, 1.165) is 16.7 Å². The highest BCUT2D eigenvalue weighted by Crippen LogP contribution is 2.30. The van der Waals surface area contributed by atoms with E-state index in [9.17, 15) is 29.3 Å². The molecule has 0 bridgehead atoms. The second-order valence-electron chi connectivity index (χ2n) is 6.28. The zero-order valence-corrected chi connectivity index (χ0v) is 16.1. The Kier molecular flexibility index (Phi) is 6.11. The first kappa shape index (κ1) is 21.0. The third kappa shape index (κ3) is 4.63. The van der Waals surface area contributed by atoms with Crippen molar-refractivity contribution in [2.45, 2.75) is 11.7 Å². The number of carboxylic acid groups (broad SMARTS) is 1. The first-order valence-corrected chi connectivity index (χ1v) is 9.67. The van der Waals surface area contributed by atoms with Gasteiger partial charge in [-0.2, -0.15) is 0 Å². The first-order valence-electron chi connectivity index (χ1n) is 8.62. The molecule has 1 saturated heterocycles. The number of carbonyl (C=O) groups is 4. The molecule has 10 nitrogen and oxygen atoms in total. The smallest absolute Gasteiger partial charge is 0.335 e. The van der Waals surface area contributed by atoms with E-state index < -0.39 is 33.9 Å². The number of benzene rings is 2. The number of anilines is 2. The van der Waals surface area contributed by atoms with Crippen molar-refractivity contribution in [2.24, 2.45) is 0 Å². The fourth-order valence-electron chi connectivity index (χ4n) is 2.80. The number of nitro groups is 1. The topological polar surface area (TPSA) is 147 Å². The molecule has 0 aliphatic carbocycles. The van der Waals surface area contributed by atoms with Gasteiger partial charge in [-0.1, -0.05) is 0 Å². The van der Waals surface area contributed by atoms with Crippen LogP contribution < -0.4 is 10.2 Å². The quantitative estimate of drug-likeness (QED) is 0.387. The minimum atomic E-state index is -1.08. The van der Waals surface area contributed by atoms with Gasteiger partial charge in [-0.05, 0) is 36.4 Å². The average Bonchev–Trinajstić information content (AvgIpc) is 3.00. The van der Waals surface area contributed by atoms with Gasteiger partial charge >= 0.3 is 5.97 Å². The summed E-state index contributed by atoms with van der Waals surface area (Å²) in [7, 11) is 0. The minimum Gasteiger partial charge on any atom is -0.478 e. The lowest BCUT2D eigenvalue weighted by Crippen LogP contribution is -2.31. The standard InChI is InChI=1S/C19H15N3O7S/c23-16(20-12-3-1-11(2-4-12)19(26)27)10-30-15-9-17(24)21(18(15)25)13-5-7-14(8-6-13)22(28)29/h1-8,15H,9-10H2,(H,20,23)(H,26,27). The summed E-state index contributed by atoms with van der Waals surface area (Å²) < 4.78 is 0. The Labute approximate surface area is 174 Å². The number of amides is 3. The van der Waals surface area contributed by atoms with Crippen LogP contribution in [0.4, 0.5) is 17.1 Å². The van der Waals surface area contributed by atoms with Crippen molar-refractivity contribution < 1.29 is 29.2 Å². The van der Waals surface area contributed by atoms with Gasteiger partial charge in [-0.25, -0.2) is 9.69 Å². The summed E-state index contributed by atoms with van der Waals surface area (Å²) in [6.45, 7) is 0. The Morgan fingerprint density at radius 3 is 2.33 bits per heavy atom. The summed E-state index contributed by atoms with van der Waals surface area (Å²) in [5, 5.41) is 21.4. The van der Waals surface area contributed by atoms with Crippen LogP contribution in [-0.2, 0) is 14.4 Å². The summed E-state index contributed by atoms with van der Waals surface area (Å²) in [6.07, 6.45) is -0.0823. The van der Waals surface area contributed by atoms with Crippen molar-refractivity contribution in [2.75, 3.05) is 16.0 Å². The van der Waals surface area contributed by atoms with E-state index in [1.807, 2.05) is 0 Å². The summed E-state index contributed by atoms with van der Waals surface area (Å²) in [4.78, 5) is 58.9. The molecule has 2 aromatic carbocycles. The lowest BCUT2D eigenvalue weighted by molar-refractivity contribution is -0.384. The number of nitrogens with one attached hydrogen (secondary N) is 1. The number of imide groups is 1. The van der Waals surface area contributed by atoms with Crippen molar-refractivity contribution in [1.82, 2.24) is 0 Å². The van der Waals surface area contributed by atoms with E-state index in [4.69, 9.17) is 5.11 Å². The first-order chi connectivity index (χ1) is 14.3. The number of carboxylic acids is 1. The van der Waals surface area contributed by atoms with Gasteiger partial charge in [0.25, 0.3) is 5.69 Å². The molecule has 1 atom stereocenters. The molecule has 1 aliphatic rings. The number of non-ortho nitro benzene ring substituents is 1. The summed E-state index contributed by atoms with van der Waals surface area (Å²) in [6, 6.07) is 10.7. The lowest BCUT2D eigenvalue weighted by atomic mass is 10.2. The molecule has 1 heterocycles. The van der Waals surface area contributed by atoms with Gasteiger partial charge in [0.1, 0.15) is 0 Å². The van der Waals surface area contributed by atoms with Crippen molar-refractivity contribution in [3.8, 4) is 0 Å². The zero-order chi connectivity index (χ0) is 21.8. The summed E-state index contributed by atoms with van der Waals surface area (Å²) >= 11 is 1.01. The summed E-state index contributed by atoms with van der Waals surface area (Å²) in [5.74, 6) is -2.51. The van der Waals surface area contributed by atoms with Crippen LogP contribution in [0, 0.1) is 10.1 Å². The molecule has 30 heavy (non-hydrogen) atoms. The van der Waals surface area contributed by atoms with Crippen LogP contribution in [-0.4, -0.2) is 44.7 Å². The van der Waals surface area contributed by atoms with Crippen LogP contribution in [0.2, 0.25) is 0 Å². The molecule has 11 heteroatoms. The number of nitro benzene ring substituents is 1. The second kappa shape index (κ2) is 8.74. The van der Waals surface area contributed by atoms with E-state index >= 15 is 0 Å². The van der Waals surface area contributed by atoms with E-state index in [1.54, 1.807) is 0 Å². The van der Waals surface area contributed by atoms with Crippen LogP contribution in [0.15, 0.2) is 48.5 Å². The maximum Gasteiger partial charge on any atom is 0.335 e. The van der Waals surface area contributed by atoms with Crippen molar-refractivity contribution >= 4 is 52.5 Å². The molecule has 2 N–H and O–H groups in total. The molecule has 0 spiro atoms. The number of hydrogen-bond acceptors (Lipinski definition) is 7. The van der Waals surface area contributed by atoms with Crippen molar-refractivity contribution in [3.63, 3.8) is 0 Å². The number of nitrogens with zero attached hydrogens (tertiary/aromatic N) is 2. The average molecular weight is 429 g/mol. The highest BCUT2D eigenvalue weighted by molar-refractivity contribution is 8.01. The van der Waals surface area contributed by atoms with Gasteiger partial charge in [-0.3, -0.25) is 24.5 Å². The molecule has 0 saturated carbocycles. The molecule has 3 rings (SSSR count). The van der Waals surface area contributed by atoms with Crippen molar-refractivity contribution in [1.29, 1.82) is 0 Å². The highest BCUT2D eigenvalue weighted by atomic mass is 32.2.